The number of carbonyl (C=O) groups excluding carboxylic acids is 3. The highest BCUT2D eigenvalue weighted by atomic mass is 16.6. The molecule has 33 heavy (non-hydrogen) atoms. The van der Waals surface area contributed by atoms with Crippen molar-refractivity contribution in [1.29, 1.82) is 0 Å². The lowest BCUT2D eigenvalue weighted by Crippen LogP contribution is -2.55. The highest BCUT2D eigenvalue weighted by molar-refractivity contribution is 5.92. The Bertz CT molecular complexity index is 781. The first kappa shape index (κ1) is 28.4. The molecule has 0 aliphatic carbocycles. The summed E-state index contributed by atoms with van der Waals surface area (Å²) in [6.45, 7) is 14.3. The number of carbonyl (C=O) groups is 3. The number of hydrogen-bond acceptors (Lipinski definition) is 5. The van der Waals surface area contributed by atoms with Gasteiger partial charge in [0.2, 0.25) is 11.8 Å². The van der Waals surface area contributed by atoms with Crippen molar-refractivity contribution < 1.29 is 24.2 Å². The van der Waals surface area contributed by atoms with Gasteiger partial charge in [0.1, 0.15) is 17.7 Å². The maximum atomic E-state index is 13.7. The van der Waals surface area contributed by atoms with Crippen molar-refractivity contribution in [3.8, 4) is 0 Å². The molecule has 0 fully saturated rings. The Hall–Kier alpha value is -2.61. The molecule has 0 aliphatic heterocycles. The van der Waals surface area contributed by atoms with E-state index in [0.29, 0.717) is 12.0 Å². The van der Waals surface area contributed by atoms with E-state index in [0.717, 1.165) is 0 Å². The molecule has 0 heterocycles. The van der Waals surface area contributed by atoms with Crippen LogP contribution in [0.1, 0.15) is 73.4 Å². The van der Waals surface area contributed by atoms with Gasteiger partial charge in [-0.1, -0.05) is 44.2 Å². The van der Waals surface area contributed by atoms with Crippen molar-refractivity contribution in [3.05, 3.63) is 35.9 Å². The quantitative estimate of drug-likeness (QED) is 0.520. The van der Waals surface area contributed by atoms with Crippen molar-refractivity contribution in [2.75, 3.05) is 13.2 Å². The normalized spacial score (nSPS) is 13.8. The summed E-state index contributed by atoms with van der Waals surface area (Å²) in [6.07, 6.45) is -0.358. The lowest BCUT2D eigenvalue weighted by molar-refractivity contribution is -0.144. The number of nitrogens with one attached hydrogen (secondary N) is 2. The zero-order chi connectivity index (χ0) is 25.4. The maximum Gasteiger partial charge on any atom is 0.408 e. The largest absolute Gasteiger partial charge is 0.444 e. The average molecular weight is 464 g/mol. The standard InChI is InChI=1S/C25H41N3O5/c1-17(2)16-19(26-23(32)33-25(6,7)8)22(31)28(14-15-29)20(18-12-10-9-11-13-18)21(30)27-24(3,4)5/h9-13,17,19-20,29H,14-16H2,1-8H3,(H,26,32)(H,27,30). The average Bonchev–Trinajstić information content (AvgIpc) is 2.64. The van der Waals surface area contributed by atoms with E-state index in [9.17, 15) is 19.5 Å². The molecule has 0 spiro atoms. The molecule has 3 amide bonds. The summed E-state index contributed by atoms with van der Waals surface area (Å²) in [7, 11) is 0. The summed E-state index contributed by atoms with van der Waals surface area (Å²) in [4.78, 5) is 40.9. The zero-order valence-corrected chi connectivity index (χ0v) is 21.3. The van der Waals surface area contributed by atoms with Crippen molar-refractivity contribution in [2.45, 2.75) is 85.0 Å². The van der Waals surface area contributed by atoms with Crippen molar-refractivity contribution in [1.82, 2.24) is 15.5 Å². The minimum Gasteiger partial charge on any atom is -0.444 e. The monoisotopic (exact) mass is 463 g/mol. The third kappa shape index (κ3) is 10.2. The minimum atomic E-state index is -0.972. The Morgan fingerprint density at radius 2 is 1.61 bits per heavy atom. The van der Waals surface area contributed by atoms with Gasteiger partial charge in [-0.2, -0.15) is 0 Å². The van der Waals surface area contributed by atoms with Crippen LogP contribution in [0.5, 0.6) is 0 Å². The van der Waals surface area contributed by atoms with Crippen LogP contribution in [-0.2, 0) is 14.3 Å². The Morgan fingerprint density at radius 1 is 1.03 bits per heavy atom. The fraction of sp³-hybridized carbons (Fsp3) is 0.640. The first-order valence-electron chi connectivity index (χ1n) is 11.4. The van der Waals surface area contributed by atoms with Gasteiger partial charge in [0.05, 0.1) is 6.61 Å². The summed E-state index contributed by atoms with van der Waals surface area (Å²) < 4.78 is 5.35. The second kappa shape index (κ2) is 12.0. The summed E-state index contributed by atoms with van der Waals surface area (Å²) >= 11 is 0. The highest BCUT2D eigenvalue weighted by Gasteiger charge is 2.37. The Labute approximate surface area is 198 Å². The Kier molecular flexibility index (Phi) is 10.4. The van der Waals surface area contributed by atoms with Gasteiger partial charge in [-0.15, -0.1) is 0 Å². The van der Waals surface area contributed by atoms with Gasteiger partial charge in [0.15, 0.2) is 0 Å². The van der Waals surface area contributed by atoms with Gasteiger partial charge in [-0.25, -0.2) is 4.79 Å². The number of hydrogen-bond donors (Lipinski definition) is 3. The van der Waals surface area contributed by atoms with E-state index in [1.807, 2.05) is 40.7 Å². The number of aliphatic hydroxyl groups excluding tert-OH is 1. The van der Waals surface area contributed by atoms with Gasteiger partial charge in [0, 0.05) is 12.1 Å². The molecule has 0 bridgehead atoms. The second-order valence-corrected chi connectivity index (χ2v) is 10.6. The zero-order valence-electron chi connectivity index (χ0n) is 21.3. The highest BCUT2D eigenvalue weighted by Crippen LogP contribution is 2.24. The van der Waals surface area contributed by atoms with Crippen molar-refractivity contribution in [3.63, 3.8) is 0 Å². The number of nitrogens with zero attached hydrogens (tertiary/aromatic N) is 1. The summed E-state index contributed by atoms with van der Waals surface area (Å²) in [5, 5.41) is 15.4. The van der Waals surface area contributed by atoms with Crippen molar-refractivity contribution in [2.24, 2.45) is 5.92 Å². The summed E-state index contributed by atoms with van der Waals surface area (Å²) in [6, 6.07) is 7.05. The summed E-state index contributed by atoms with van der Waals surface area (Å²) in [5.74, 6) is -0.735. The third-order valence-corrected chi connectivity index (χ3v) is 4.49. The minimum absolute atomic E-state index is 0.0689. The van der Waals surface area contributed by atoms with Crippen LogP contribution in [0.15, 0.2) is 30.3 Å². The molecule has 0 saturated heterocycles. The first-order chi connectivity index (χ1) is 15.1. The van der Waals surface area contributed by atoms with Gasteiger partial charge in [-0.3, -0.25) is 9.59 Å². The molecule has 2 atom stereocenters. The van der Waals surface area contributed by atoms with E-state index in [4.69, 9.17) is 4.74 Å². The van der Waals surface area contributed by atoms with Crippen LogP contribution in [0.3, 0.4) is 0 Å². The van der Waals surface area contributed by atoms with Crippen molar-refractivity contribution >= 4 is 17.9 Å². The van der Waals surface area contributed by atoms with E-state index in [2.05, 4.69) is 10.6 Å². The van der Waals surface area contributed by atoms with E-state index in [-0.39, 0.29) is 25.0 Å². The van der Waals surface area contributed by atoms with Crippen LogP contribution in [0.25, 0.3) is 0 Å². The molecule has 1 aromatic carbocycles. The fourth-order valence-corrected chi connectivity index (χ4v) is 3.36. The molecule has 186 valence electrons. The smallest absolute Gasteiger partial charge is 0.408 e. The molecule has 1 rings (SSSR count). The summed E-state index contributed by atoms with van der Waals surface area (Å²) in [5.41, 5.74) is -0.634. The van der Waals surface area contributed by atoms with Crippen LogP contribution in [0.2, 0.25) is 0 Å². The SMILES string of the molecule is CC(C)CC(NC(=O)OC(C)(C)C)C(=O)N(CCO)C(C(=O)NC(C)(C)C)c1ccccc1. The topological polar surface area (TPSA) is 108 Å². The van der Waals surface area contributed by atoms with E-state index in [1.54, 1.807) is 45.0 Å². The molecular weight excluding hydrogens is 422 g/mol. The third-order valence-electron chi connectivity index (χ3n) is 4.49. The molecule has 0 radical (unpaired) electrons. The predicted octanol–water partition coefficient (Wildman–Crippen LogP) is 3.40. The molecule has 0 aliphatic rings. The Balaban J connectivity index is 3.38. The van der Waals surface area contributed by atoms with Crippen LogP contribution in [0, 0.1) is 5.92 Å². The van der Waals surface area contributed by atoms with Crippen LogP contribution < -0.4 is 10.6 Å². The van der Waals surface area contributed by atoms with Gasteiger partial charge >= 0.3 is 6.09 Å². The molecule has 0 aromatic heterocycles. The maximum absolute atomic E-state index is 13.7. The molecule has 2 unspecified atom stereocenters. The van der Waals surface area contributed by atoms with Crippen LogP contribution in [0.4, 0.5) is 4.79 Å². The van der Waals surface area contributed by atoms with E-state index < -0.39 is 35.2 Å². The lowest BCUT2D eigenvalue weighted by atomic mass is 9.98. The van der Waals surface area contributed by atoms with Crippen LogP contribution >= 0.6 is 0 Å². The molecule has 0 saturated carbocycles. The second-order valence-electron chi connectivity index (χ2n) is 10.6. The molecule has 3 N–H and O–H groups in total. The molecular formula is C25H41N3O5. The number of benzene rings is 1. The van der Waals surface area contributed by atoms with E-state index >= 15 is 0 Å². The number of alkyl carbamates (subject to hydrolysis) is 1. The molecule has 8 nitrogen and oxygen atoms in total. The molecule has 1 aromatic rings. The van der Waals surface area contributed by atoms with Crippen LogP contribution in [-0.4, -0.2) is 58.2 Å². The lowest BCUT2D eigenvalue weighted by Gasteiger charge is -2.36. The van der Waals surface area contributed by atoms with Gasteiger partial charge < -0.3 is 25.4 Å². The first-order valence-corrected chi connectivity index (χ1v) is 11.4. The van der Waals surface area contributed by atoms with E-state index in [1.165, 1.54) is 4.90 Å². The predicted molar refractivity (Wildman–Crippen MR) is 128 cm³/mol. The number of aliphatic hydroxyl groups is 1. The Morgan fingerprint density at radius 3 is 2.06 bits per heavy atom. The number of rotatable bonds is 9. The van der Waals surface area contributed by atoms with Gasteiger partial charge in [-0.05, 0) is 59.4 Å². The van der Waals surface area contributed by atoms with Gasteiger partial charge in [0.25, 0.3) is 0 Å². The number of ether oxygens (including phenoxy) is 1. The number of amides is 3. The molecule has 8 heteroatoms. The fourth-order valence-electron chi connectivity index (χ4n) is 3.36.